The molecule has 1 aromatic carbocycles. The van der Waals surface area contributed by atoms with Gasteiger partial charge in [0.1, 0.15) is 6.04 Å². The third-order valence-corrected chi connectivity index (χ3v) is 4.66. The number of benzene rings is 1. The van der Waals surface area contributed by atoms with Crippen LogP contribution in [-0.4, -0.2) is 29.9 Å². The predicted molar refractivity (Wildman–Crippen MR) is 138 cm³/mol. The summed E-state index contributed by atoms with van der Waals surface area (Å²) in [5.74, 6) is -0.464. The first-order valence-electron chi connectivity index (χ1n) is 11.8. The predicted octanol–water partition coefficient (Wildman–Crippen LogP) is 6.86. The molecule has 0 unspecified atom stereocenters. The molecule has 1 atom stereocenters. The van der Waals surface area contributed by atoms with E-state index in [0.29, 0.717) is 30.5 Å². The zero-order valence-electron chi connectivity index (χ0n) is 21.6. The van der Waals surface area contributed by atoms with Crippen LogP contribution in [0.5, 0.6) is 0 Å². The Labute approximate surface area is 201 Å². The first-order valence-corrected chi connectivity index (χ1v) is 11.8. The standard InChI is InChI=1S/C24H30N2O3.2C2H6/c1-6-9-11-23(27)26(22(8-3)24(28)29-5)17-19-12-14-20(15-13-19)21(10-7-2)18(4)16-25;2*1-2/h7,10,12-15,22H,2,4,6,8-9,11,17H2,1,3,5H3;2*1-2H3/b21-10+;;/t22-;;/m0../s1. The van der Waals surface area contributed by atoms with Gasteiger partial charge in [-0.05, 0) is 29.5 Å². The van der Waals surface area contributed by atoms with Gasteiger partial charge in [-0.25, -0.2) is 4.79 Å². The van der Waals surface area contributed by atoms with Crippen LogP contribution in [0.25, 0.3) is 5.57 Å². The Kier molecular flexibility index (Phi) is 19.0. The number of esters is 1. The summed E-state index contributed by atoms with van der Waals surface area (Å²) in [6.07, 6.45) is 5.92. The van der Waals surface area contributed by atoms with E-state index in [-0.39, 0.29) is 5.91 Å². The van der Waals surface area contributed by atoms with Gasteiger partial charge in [-0.1, -0.05) is 97.5 Å². The molecule has 0 radical (unpaired) electrons. The monoisotopic (exact) mass is 454 g/mol. The number of rotatable bonds is 11. The Morgan fingerprint density at radius 2 is 1.73 bits per heavy atom. The third kappa shape index (κ3) is 10.8. The van der Waals surface area contributed by atoms with Crippen molar-refractivity contribution in [2.45, 2.75) is 79.8 Å². The van der Waals surface area contributed by atoms with Crippen LogP contribution in [0.2, 0.25) is 0 Å². The third-order valence-electron chi connectivity index (χ3n) is 4.66. The van der Waals surface area contributed by atoms with Gasteiger partial charge in [0.05, 0.1) is 18.8 Å². The maximum absolute atomic E-state index is 12.8. The van der Waals surface area contributed by atoms with Gasteiger partial charge in [0.25, 0.3) is 0 Å². The fraction of sp³-hybridized carbons (Fsp3) is 0.464. The molecule has 1 rings (SSSR count). The quantitative estimate of drug-likeness (QED) is 0.208. The minimum atomic E-state index is -0.612. The summed E-state index contributed by atoms with van der Waals surface area (Å²) in [7, 11) is 1.34. The van der Waals surface area contributed by atoms with Crippen LogP contribution in [0.4, 0.5) is 0 Å². The lowest BCUT2D eigenvalue weighted by Crippen LogP contribution is -2.44. The van der Waals surface area contributed by atoms with E-state index in [9.17, 15) is 9.59 Å². The lowest BCUT2D eigenvalue weighted by molar-refractivity contribution is -0.153. The van der Waals surface area contributed by atoms with Crippen LogP contribution < -0.4 is 0 Å². The summed E-state index contributed by atoms with van der Waals surface area (Å²) in [5, 5.41) is 9.15. The Balaban J connectivity index is 0. The van der Waals surface area contributed by atoms with Crippen molar-refractivity contribution < 1.29 is 14.3 Å². The number of hydrogen-bond acceptors (Lipinski definition) is 4. The van der Waals surface area contributed by atoms with Gasteiger partial charge in [0.15, 0.2) is 0 Å². The molecule has 0 heterocycles. The SMILES string of the molecule is C=C/C=C(\C(=C)C#N)c1ccc(CN(C(=O)CCCC)[C@@H](CC)C(=O)OC)cc1.CC.CC. The molecule has 0 saturated carbocycles. The number of nitriles is 1. The topological polar surface area (TPSA) is 70.4 Å². The van der Waals surface area contributed by atoms with E-state index in [1.165, 1.54) is 7.11 Å². The number of carbonyl (C=O) groups is 2. The molecule has 182 valence electrons. The highest BCUT2D eigenvalue weighted by Crippen LogP contribution is 2.23. The number of hydrogen-bond donors (Lipinski definition) is 0. The summed E-state index contributed by atoms with van der Waals surface area (Å²) >= 11 is 0. The highest BCUT2D eigenvalue weighted by molar-refractivity contribution is 5.85. The number of allylic oxidation sites excluding steroid dienone is 4. The van der Waals surface area contributed by atoms with Gasteiger partial charge >= 0.3 is 5.97 Å². The summed E-state index contributed by atoms with van der Waals surface area (Å²) in [5.41, 5.74) is 2.78. The Morgan fingerprint density at radius 1 is 1.15 bits per heavy atom. The zero-order valence-corrected chi connectivity index (χ0v) is 21.6. The van der Waals surface area contributed by atoms with Crippen LogP contribution in [0.3, 0.4) is 0 Å². The van der Waals surface area contributed by atoms with E-state index in [0.717, 1.165) is 24.0 Å². The van der Waals surface area contributed by atoms with Crippen LogP contribution >= 0.6 is 0 Å². The number of methoxy groups -OCH3 is 1. The fourth-order valence-corrected chi connectivity index (χ4v) is 3.03. The Hall–Kier alpha value is -3.13. The minimum absolute atomic E-state index is 0.0572. The fourth-order valence-electron chi connectivity index (χ4n) is 3.03. The summed E-state index contributed by atoms with van der Waals surface area (Å²) in [6.45, 7) is 19.7. The highest BCUT2D eigenvalue weighted by atomic mass is 16.5. The van der Waals surface area contributed by atoms with Crippen molar-refractivity contribution in [1.29, 1.82) is 5.26 Å². The van der Waals surface area contributed by atoms with Gasteiger partial charge in [-0.3, -0.25) is 4.79 Å². The van der Waals surface area contributed by atoms with Crippen molar-refractivity contribution >= 4 is 17.4 Å². The summed E-state index contributed by atoms with van der Waals surface area (Å²) in [6, 6.07) is 8.98. The number of amides is 1. The molecule has 0 saturated heterocycles. The molecule has 1 amide bonds. The zero-order chi connectivity index (χ0) is 25.8. The lowest BCUT2D eigenvalue weighted by atomic mass is 9.98. The molecule has 0 aliphatic heterocycles. The van der Waals surface area contributed by atoms with Crippen molar-refractivity contribution in [1.82, 2.24) is 4.90 Å². The van der Waals surface area contributed by atoms with E-state index in [1.807, 2.05) is 65.8 Å². The molecule has 0 fully saturated rings. The van der Waals surface area contributed by atoms with Gasteiger partial charge in [0.2, 0.25) is 5.91 Å². The van der Waals surface area contributed by atoms with E-state index >= 15 is 0 Å². The summed E-state index contributed by atoms with van der Waals surface area (Å²) < 4.78 is 4.90. The molecule has 0 aliphatic rings. The minimum Gasteiger partial charge on any atom is -0.467 e. The molecule has 0 aliphatic carbocycles. The lowest BCUT2D eigenvalue weighted by Gasteiger charge is -2.29. The highest BCUT2D eigenvalue weighted by Gasteiger charge is 2.28. The van der Waals surface area contributed by atoms with Gasteiger partial charge in [0, 0.05) is 13.0 Å². The van der Waals surface area contributed by atoms with Crippen LogP contribution in [-0.2, 0) is 20.9 Å². The van der Waals surface area contributed by atoms with Crippen molar-refractivity contribution in [3.05, 3.63) is 66.3 Å². The van der Waals surface area contributed by atoms with E-state index in [1.54, 1.807) is 17.1 Å². The smallest absolute Gasteiger partial charge is 0.328 e. The van der Waals surface area contributed by atoms with E-state index in [2.05, 4.69) is 19.2 Å². The average molecular weight is 455 g/mol. The molecule has 0 aromatic heterocycles. The molecule has 0 bridgehead atoms. The number of unbranched alkanes of at least 4 members (excludes halogenated alkanes) is 1. The number of carbonyl (C=O) groups excluding carboxylic acids is 2. The second-order valence-electron chi connectivity index (χ2n) is 6.68. The molecule has 5 heteroatoms. The molecule has 33 heavy (non-hydrogen) atoms. The number of ether oxygens (including phenoxy) is 1. The maximum Gasteiger partial charge on any atom is 0.328 e. The molecular formula is C28H42N2O3. The van der Waals surface area contributed by atoms with Crippen LogP contribution in [0, 0.1) is 11.3 Å². The van der Waals surface area contributed by atoms with Crippen molar-refractivity contribution in [2.24, 2.45) is 0 Å². The van der Waals surface area contributed by atoms with Gasteiger partial charge in [-0.15, -0.1) is 0 Å². The van der Waals surface area contributed by atoms with Crippen molar-refractivity contribution in [2.75, 3.05) is 7.11 Å². The van der Waals surface area contributed by atoms with Gasteiger partial charge in [-0.2, -0.15) is 5.26 Å². The van der Waals surface area contributed by atoms with E-state index in [4.69, 9.17) is 10.00 Å². The van der Waals surface area contributed by atoms with Gasteiger partial charge < -0.3 is 9.64 Å². The largest absolute Gasteiger partial charge is 0.467 e. The molecule has 0 N–H and O–H groups in total. The molecule has 0 spiro atoms. The Morgan fingerprint density at radius 3 is 2.15 bits per heavy atom. The van der Waals surface area contributed by atoms with Crippen molar-refractivity contribution in [3.63, 3.8) is 0 Å². The Bertz CT molecular complexity index is 801. The second-order valence-corrected chi connectivity index (χ2v) is 6.68. The molecule has 5 nitrogen and oxygen atoms in total. The average Bonchev–Trinajstić information content (AvgIpc) is 2.87. The molecule has 1 aromatic rings. The normalized spacial score (nSPS) is 10.8. The van der Waals surface area contributed by atoms with Crippen LogP contribution in [0.1, 0.15) is 78.4 Å². The van der Waals surface area contributed by atoms with Crippen molar-refractivity contribution in [3.8, 4) is 6.07 Å². The number of nitrogens with zero attached hydrogens (tertiary/aromatic N) is 2. The van der Waals surface area contributed by atoms with Crippen LogP contribution in [0.15, 0.2) is 55.1 Å². The molecular weight excluding hydrogens is 412 g/mol. The first kappa shape index (κ1) is 32.1. The van der Waals surface area contributed by atoms with E-state index < -0.39 is 12.0 Å². The second kappa shape index (κ2) is 19.5. The maximum atomic E-state index is 12.8. The first-order chi connectivity index (χ1) is 15.9. The summed E-state index contributed by atoms with van der Waals surface area (Å²) in [4.78, 5) is 26.6.